The second-order valence-corrected chi connectivity index (χ2v) is 5.74. The molecule has 0 fully saturated rings. The van der Waals surface area contributed by atoms with Crippen molar-refractivity contribution in [3.8, 4) is 0 Å². The molecule has 3 nitrogen and oxygen atoms in total. The summed E-state index contributed by atoms with van der Waals surface area (Å²) in [5, 5.41) is 1.65. The SMILES string of the molecule is Cc1ccccc1CSc1nc(NN)c(Cl)cc1Cl. The summed E-state index contributed by atoms with van der Waals surface area (Å²) in [4.78, 5) is 4.30. The fourth-order valence-electron chi connectivity index (χ4n) is 1.57. The van der Waals surface area contributed by atoms with E-state index in [1.807, 2.05) is 12.1 Å². The minimum atomic E-state index is 0.410. The Morgan fingerprint density at radius 2 is 2.00 bits per heavy atom. The fourth-order valence-corrected chi connectivity index (χ4v) is 3.12. The second-order valence-electron chi connectivity index (χ2n) is 3.97. The number of hydrazine groups is 1. The van der Waals surface area contributed by atoms with Gasteiger partial charge in [0.05, 0.1) is 10.0 Å². The standard InChI is InChI=1S/C13H13Cl2N3S/c1-8-4-2-3-5-9(8)7-19-13-11(15)6-10(14)12(17-13)18-16/h2-6H,7,16H2,1H3,(H,17,18). The van der Waals surface area contributed by atoms with Gasteiger partial charge < -0.3 is 5.43 Å². The van der Waals surface area contributed by atoms with Crippen molar-refractivity contribution in [3.63, 3.8) is 0 Å². The van der Waals surface area contributed by atoms with Crippen molar-refractivity contribution in [1.29, 1.82) is 0 Å². The number of hydrogen-bond acceptors (Lipinski definition) is 4. The number of nitrogen functional groups attached to an aromatic ring is 1. The highest BCUT2D eigenvalue weighted by Gasteiger charge is 2.09. The predicted molar refractivity (Wildman–Crippen MR) is 82.8 cm³/mol. The monoisotopic (exact) mass is 313 g/mol. The molecule has 0 amide bonds. The third kappa shape index (κ3) is 3.54. The minimum absolute atomic E-state index is 0.410. The van der Waals surface area contributed by atoms with E-state index >= 15 is 0 Å². The molecule has 0 saturated heterocycles. The fraction of sp³-hybridized carbons (Fsp3) is 0.154. The van der Waals surface area contributed by atoms with Gasteiger partial charge in [-0.15, -0.1) is 11.8 Å². The van der Waals surface area contributed by atoms with Crippen LogP contribution < -0.4 is 11.3 Å². The molecule has 2 rings (SSSR count). The van der Waals surface area contributed by atoms with Crippen molar-refractivity contribution in [1.82, 2.24) is 4.98 Å². The highest BCUT2D eigenvalue weighted by molar-refractivity contribution is 7.98. The third-order valence-electron chi connectivity index (χ3n) is 2.66. The summed E-state index contributed by atoms with van der Waals surface area (Å²) in [5.74, 6) is 6.58. The number of anilines is 1. The van der Waals surface area contributed by atoms with Gasteiger partial charge in [-0.05, 0) is 24.1 Å². The Morgan fingerprint density at radius 1 is 1.26 bits per heavy atom. The predicted octanol–water partition coefficient (Wildman–Crippen LogP) is 4.27. The van der Waals surface area contributed by atoms with E-state index in [1.54, 1.807) is 17.8 Å². The van der Waals surface area contributed by atoms with Crippen LogP contribution >= 0.6 is 35.0 Å². The molecule has 0 aliphatic rings. The number of pyridine rings is 1. The number of aromatic nitrogens is 1. The molecule has 0 atom stereocenters. The summed E-state index contributed by atoms with van der Waals surface area (Å²) in [6, 6.07) is 9.86. The Kier molecular flexibility index (Phi) is 4.93. The van der Waals surface area contributed by atoms with Crippen LogP contribution in [0.4, 0.5) is 5.82 Å². The molecule has 0 aliphatic carbocycles. The molecule has 100 valence electrons. The molecular weight excluding hydrogens is 301 g/mol. The van der Waals surface area contributed by atoms with Crippen molar-refractivity contribution >= 4 is 40.8 Å². The first-order chi connectivity index (χ1) is 9.11. The van der Waals surface area contributed by atoms with Crippen molar-refractivity contribution in [3.05, 3.63) is 51.5 Å². The van der Waals surface area contributed by atoms with E-state index in [2.05, 4.69) is 29.5 Å². The van der Waals surface area contributed by atoms with Crippen LogP contribution in [0.3, 0.4) is 0 Å². The first-order valence-electron chi connectivity index (χ1n) is 5.61. The number of nitrogens with two attached hydrogens (primary N) is 1. The Morgan fingerprint density at radius 3 is 2.68 bits per heavy atom. The number of halogens is 2. The first-order valence-corrected chi connectivity index (χ1v) is 7.36. The summed E-state index contributed by atoms with van der Waals surface area (Å²) in [6.07, 6.45) is 0. The zero-order valence-electron chi connectivity index (χ0n) is 10.3. The van der Waals surface area contributed by atoms with Crippen LogP contribution in [0.2, 0.25) is 10.0 Å². The molecule has 0 spiro atoms. The number of rotatable bonds is 4. The summed E-state index contributed by atoms with van der Waals surface area (Å²) >= 11 is 13.6. The van der Waals surface area contributed by atoms with Gasteiger partial charge in [0.2, 0.25) is 0 Å². The van der Waals surface area contributed by atoms with Gasteiger partial charge in [0.1, 0.15) is 5.03 Å². The summed E-state index contributed by atoms with van der Waals surface area (Å²) in [7, 11) is 0. The highest BCUT2D eigenvalue weighted by atomic mass is 35.5. The van der Waals surface area contributed by atoms with Crippen LogP contribution in [0.1, 0.15) is 11.1 Å². The van der Waals surface area contributed by atoms with Gasteiger partial charge in [-0.1, -0.05) is 47.5 Å². The van der Waals surface area contributed by atoms with Crippen LogP contribution in [0.5, 0.6) is 0 Å². The summed E-state index contributed by atoms with van der Waals surface area (Å²) in [5.41, 5.74) is 4.96. The van der Waals surface area contributed by atoms with Crippen molar-refractivity contribution < 1.29 is 0 Å². The largest absolute Gasteiger partial charge is 0.307 e. The van der Waals surface area contributed by atoms with Crippen LogP contribution in [-0.4, -0.2) is 4.98 Å². The van der Waals surface area contributed by atoms with Gasteiger partial charge in [0.25, 0.3) is 0 Å². The van der Waals surface area contributed by atoms with Gasteiger partial charge in [0, 0.05) is 5.75 Å². The Bertz CT molecular complexity index is 590. The molecule has 1 aromatic heterocycles. The van der Waals surface area contributed by atoms with Gasteiger partial charge in [-0.25, -0.2) is 10.8 Å². The number of aryl methyl sites for hydroxylation is 1. The molecular formula is C13H13Cl2N3S. The minimum Gasteiger partial charge on any atom is -0.307 e. The second kappa shape index (κ2) is 6.48. The number of hydrogen-bond donors (Lipinski definition) is 2. The van der Waals surface area contributed by atoms with Crippen LogP contribution in [0.15, 0.2) is 35.4 Å². The van der Waals surface area contributed by atoms with Gasteiger partial charge >= 0.3 is 0 Å². The molecule has 6 heteroatoms. The molecule has 0 bridgehead atoms. The zero-order chi connectivity index (χ0) is 13.8. The molecule has 1 aromatic carbocycles. The Hall–Kier alpha value is -0.940. The third-order valence-corrected chi connectivity index (χ3v) is 4.39. The maximum atomic E-state index is 6.13. The van der Waals surface area contributed by atoms with Gasteiger partial charge in [-0.3, -0.25) is 0 Å². The van der Waals surface area contributed by atoms with Crippen molar-refractivity contribution in [2.45, 2.75) is 17.7 Å². The van der Waals surface area contributed by atoms with Crippen molar-refractivity contribution in [2.24, 2.45) is 5.84 Å². The smallest absolute Gasteiger partial charge is 0.160 e. The molecule has 19 heavy (non-hydrogen) atoms. The van der Waals surface area contributed by atoms with E-state index in [0.717, 1.165) is 5.75 Å². The molecule has 0 saturated carbocycles. The lowest BCUT2D eigenvalue weighted by Gasteiger charge is -2.09. The van der Waals surface area contributed by atoms with Crippen LogP contribution in [0, 0.1) is 6.92 Å². The zero-order valence-corrected chi connectivity index (χ0v) is 12.6. The van der Waals surface area contributed by atoms with Gasteiger partial charge in [-0.2, -0.15) is 0 Å². The molecule has 0 radical (unpaired) electrons. The van der Waals surface area contributed by atoms with Crippen LogP contribution in [0.25, 0.3) is 0 Å². The van der Waals surface area contributed by atoms with E-state index < -0.39 is 0 Å². The molecule has 3 N–H and O–H groups in total. The molecule has 0 unspecified atom stereocenters. The maximum Gasteiger partial charge on any atom is 0.160 e. The number of nitrogens with zero attached hydrogens (tertiary/aromatic N) is 1. The average Bonchev–Trinajstić information content (AvgIpc) is 2.39. The lowest BCUT2D eigenvalue weighted by atomic mass is 10.1. The summed E-state index contributed by atoms with van der Waals surface area (Å²) in [6.45, 7) is 2.08. The van der Waals surface area contributed by atoms with Gasteiger partial charge in [0.15, 0.2) is 5.82 Å². The Labute approximate surface area is 126 Å². The van der Waals surface area contributed by atoms with E-state index in [1.165, 1.54) is 11.1 Å². The topological polar surface area (TPSA) is 50.9 Å². The first kappa shape index (κ1) is 14.5. The van der Waals surface area contributed by atoms with Crippen molar-refractivity contribution in [2.75, 3.05) is 5.43 Å². The lowest BCUT2D eigenvalue weighted by Crippen LogP contribution is -2.09. The van der Waals surface area contributed by atoms with E-state index in [9.17, 15) is 0 Å². The molecule has 0 aliphatic heterocycles. The Balaban J connectivity index is 2.18. The number of nitrogens with one attached hydrogen (secondary N) is 1. The normalized spacial score (nSPS) is 10.5. The quantitative estimate of drug-likeness (QED) is 0.502. The van der Waals surface area contributed by atoms with E-state index in [-0.39, 0.29) is 0 Å². The maximum absolute atomic E-state index is 6.13. The van der Waals surface area contributed by atoms with E-state index in [4.69, 9.17) is 29.0 Å². The lowest BCUT2D eigenvalue weighted by molar-refractivity contribution is 1.10. The van der Waals surface area contributed by atoms with E-state index in [0.29, 0.717) is 20.9 Å². The molecule has 2 aromatic rings. The molecule has 1 heterocycles. The summed E-state index contributed by atoms with van der Waals surface area (Å²) < 4.78 is 0. The highest BCUT2D eigenvalue weighted by Crippen LogP contribution is 2.33. The average molecular weight is 314 g/mol. The number of thioether (sulfide) groups is 1. The van der Waals surface area contributed by atoms with Crippen LogP contribution in [-0.2, 0) is 5.75 Å². The number of benzene rings is 1.